The van der Waals surface area contributed by atoms with Crippen LogP contribution < -0.4 is 19.7 Å². The minimum absolute atomic E-state index is 0.0186. The molecule has 0 saturated heterocycles. The zero-order chi connectivity index (χ0) is 23.7. The molecular formula is C28H30N2O2S2. The van der Waals surface area contributed by atoms with Crippen LogP contribution >= 0.6 is 23.1 Å². The summed E-state index contributed by atoms with van der Waals surface area (Å²) < 4.78 is 3.37. The van der Waals surface area contributed by atoms with Crippen LogP contribution in [0.25, 0.3) is 10.6 Å². The number of rotatable bonds is 7. The number of hydrogen-bond donors (Lipinski definition) is 0. The highest BCUT2D eigenvalue weighted by atomic mass is 32.2. The third-order valence-corrected chi connectivity index (χ3v) is 9.19. The van der Waals surface area contributed by atoms with Gasteiger partial charge in [0.1, 0.15) is 14.2 Å². The smallest absolute Gasteiger partial charge is 0.271 e. The summed E-state index contributed by atoms with van der Waals surface area (Å²) in [6.07, 6.45) is 6.65. The van der Waals surface area contributed by atoms with Gasteiger partial charge < -0.3 is 4.90 Å². The van der Waals surface area contributed by atoms with Crippen molar-refractivity contribution in [3.63, 3.8) is 0 Å². The van der Waals surface area contributed by atoms with Gasteiger partial charge in [-0.25, -0.2) is 0 Å². The molecule has 0 spiro atoms. The first-order chi connectivity index (χ1) is 16.6. The third-order valence-electron chi connectivity index (χ3n) is 6.65. The van der Waals surface area contributed by atoms with Gasteiger partial charge in [-0.1, -0.05) is 80.8 Å². The van der Waals surface area contributed by atoms with E-state index in [9.17, 15) is 9.59 Å². The minimum atomic E-state index is 0.0186. The SMILES string of the molecule is CCCCCCCN1C(=c2sc(=C3Cc4ccccc4C3=O)n(CC)c2=O)Sc2ccccc21. The molecule has 0 atom stereocenters. The van der Waals surface area contributed by atoms with E-state index in [1.807, 2.05) is 31.2 Å². The lowest BCUT2D eigenvalue weighted by molar-refractivity contribution is 0.105. The zero-order valence-corrected chi connectivity index (χ0v) is 21.4. The van der Waals surface area contributed by atoms with E-state index in [2.05, 4.69) is 36.1 Å². The molecule has 0 N–H and O–H groups in total. The summed E-state index contributed by atoms with van der Waals surface area (Å²) >= 11 is 3.18. The molecule has 5 rings (SSSR count). The van der Waals surface area contributed by atoms with Crippen molar-refractivity contribution in [3.8, 4) is 0 Å². The quantitative estimate of drug-likeness (QED) is 0.429. The number of thiazole rings is 1. The topological polar surface area (TPSA) is 42.3 Å². The molecule has 0 radical (unpaired) electrons. The van der Waals surface area contributed by atoms with Crippen LogP contribution in [-0.2, 0) is 13.0 Å². The normalized spacial score (nSPS) is 17.9. The number of hydrogen-bond acceptors (Lipinski definition) is 5. The Balaban J connectivity index is 1.62. The van der Waals surface area contributed by atoms with Crippen molar-refractivity contribution < 1.29 is 4.79 Å². The van der Waals surface area contributed by atoms with Crippen LogP contribution in [0.5, 0.6) is 0 Å². The highest BCUT2D eigenvalue weighted by molar-refractivity contribution is 8.08. The van der Waals surface area contributed by atoms with Crippen LogP contribution in [0.2, 0.25) is 0 Å². The Morgan fingerprint density at radius 1 is 0.912 bits per heavy atom. The summed E-state index contributed by atoms with van der Waals surface area (Å²) in [5, 5.41) is 1.02. The number of Topliss-reactive ketones (excluding diaryl/α,β-unsaturated/α-hetero) is 1. The molecule has 0 bridgehead atoms. The van der Waals surface area contributed by atoms with E-state index in [1.54, 1.807) is 16.3 Å². The number of fused-ring (bicyclic) bond motifs is 2. The lowest BCUT2D eigenvalue weighted by atomic mass is 10.1. The highest BCUT2D eigenvalue weighted by Gasteiger charge is 2.29. The first kappa shape index (κ1) is 23.2. The van der Waals surface area contributed by atoms with Crippen molar-refractivity contribution in [2.24, 2.45) is 0 Å². The lowest BCUT2D eigenvalue weighted by Crippen LogP contribution is -2.35. The number of anilines is 1. The van der Waals surface area contributed by atoms with Gasteiger partial charge in [0.05, 0.1) is 5.69 Å². The molecule has 34 heavy (non-hydrogen) atoms. The van der Waals surface area contributed by atoms with Crippen molar-refractivity contribution in [2.45, 2.75) is 63.8 Å². The van der Waals surface area contributed by atoms with Crippen LogP contribution in [-0.4, -0.2) is 16.9 Å². The van der Waals surface area contributed by atoms with E-state index >= 15 is 0 Å². The second kappa shape index (κ2) is 9.96. The average Bonchev–Trinajstić information content (AvgIpc) is 3.50. The molecule has 0 saturated carbocycles. The molecule has 6 heteroatoms. The summed E-state index contributed by atoms with van der Waals surface area (Å²) in [5.41, 5.74) is 3.78. The van der Waals surface area contributed by atoms with Crippen molar-refractivity contribution in [1.29, 1.82) is 0 Å². The van der Waals surface area contributed by atoms with Gasteiger partial charge in [-0.15, -0.1) is 11.3 Å². The Bertz CT molecular complexity index is 1420. The molecule has 2 aliphatic rings. The van der Waals surface area contributed by atoms with Crippen molar-refractivity contribution in [1.82, 2.24) is 4.57 Å². The summed E-state index contributed by atoms with van der Waals surface area (Å²) in [4.78, 5) is 30.4. The molecule has 1 aromatic heterocycles. The van der Waals surface area contributed by atoms with E-state index in [0.717, 1.165) is 43.9 Å². The van der Waals surface area contributed by atoms with E-state index in [-0.39, 0.29) is 11.3 Å². The first-order valence-electron chi connectivity index (χ1n) is 12.3. The average molecular weight is 491 g/mol. The van der Waals surface area contributed by atoms with Gasteiger partial charge in [-0.3, -0.25) is 14.2 Å². The molecule has 2 heterocycles. The largest absolute Gasteiger partial charge is 0.334 e. The molecule has 1 aliphatic carbocycles. The van der Waals surface area contributed by atoms with Crippen LogP contribution in [0, 0.1) is 0 Å². The second-order valence-corrected chi connectivity index (χ2v) is 10.9. The van der Waals surface area contributed by atoms with E-state index < -0.39 is 0 Å². The fourth-order valence-corrected chi connectivity index (χ4v) is 7.42. The van der Waals surface area contributed by atoms with Crippen molar-refractivity contribution >= 4 is 45.2 Å². The summed E-state index contributed by atoms with van der Waals surface area (Å²) in [5.74, 6) is 0.0609. The van der Waals surface area contributed by atoms with Gasteiger partial charge in [-0.2, -0.15) is 0 Å². The van der Waals surface area contributed by atoms with Gasteiger partial charge in [0.15, 0.2) is 5.78 Å². The number of unbranched alkanes of at least 4 members (excludes halogenated alkanes) is 4. The van der Waals surface area contributed by atoms with Crippen LogP contribution in [0.4, 0.5) is 5.69 Å². The number of benzene rings is 2. The number of carbonyl (C=O) groups excluding carboxylic acids is 1. The standard InChI is InChI=1S/C28H30N2O2S2/c1-3-5-6-7-12-17-30-22-15-10-11-16-23(22)33-28(30)25-26(32)29(4-2)27(34-25)21-18-19-13-8-9-14-20(19)24(21)31/h8-11,13-16H,3-7,12,17-18H2,1-2H3. The van der Waals surface area contributed by atoms with Crippen molar-refractivity contribution in [2.75, 3.05) is 11.4 Å². The molecule has 0 unspecified atom stereocenters. The number of thioether (sulfide) groups is 1. The number of nitrogens with zero attached hydrogens (tertiary/aromatic N) is 2. The Hall–Kier alpha value is -2.57. The molecule has 0 amide bonds. The zero-order valence-electron chi connectivity index (χ0n) is 19.8. The number of para-hydroxylation sites is 1. The van der Waals surface area contributed by atoms with E-state index in [1.165, 1.54) is 47.6 Å². The molecule has 2 aromatic carbocycles. The summed E-state index contributed by atoms with van der Waals surface area (Å²) in [6, 6.07) is 16.2. The van der Waals surface area contributed by atoms with E-state index in [4.69, 9.17) is 0 Å². The Morgan fingerprint density at radius 3 is 2.47 bits per heavy atom. The first-order valence-corrected chi connectivity index (χ1v) is 13.9. The third kappa shape index (κ3) is 4.07. The predicted molar refractivity (Wildman–Crippen MR) is 143 cm³/mol. The Morgan fingerprint density at radius 2 is 1.68 bits per heavy atom. The number of ketones is 1. The van der Waals surface area contributed by atoms with Crippen LogP contribution in [0.3, 0.4) is 0 Å². The molecule has 176 valence electrons. The fourth-order valence-electron chi connectivity index (χ4n) is 4.86. The lowest BCUT2D eigenvalue weighted by Gasteiger charge is -2.19. The van der Waals surface area contributed by atoms with Gasteiger partial charge in [0.2, 0.25) is 0 Å². The molecule has 0 fully saturated rings. The maximum Gasteiger partial charge on any atom is 0.271 e. The van der Waals surface area contributed by atoms with Gasteiger partial charge in [-0.05, 0) is 31.0 Å². The second-order valence-electron chi connectivity index (χ2n) is 8.87. The van der Waals surface area contributed by atoms with Crippen LogP contribution in [0.1, 0.15) is 61.9 Å². The molecule has 3 aromatic rings. The summed E-state index contributed by atoms with van der Waals surface area (Å²) in [6.45, 7) is 5.68. The van der Waals surface area contributed by atoms with Crippen LogP contribution in [0.15, 0.2) is 58.2 Å². The van der Waals surface area contributed by atoms with Crippen molar-refractivity contribution in [3.05, 3.63) is 79.2 Å². The molecular weight excluding hydrogens is 460 g/mol. The maximum absolute atomic E-state index is 13.6. The monoisotopic (exact) mass is 490 g/mol. The Labute approximate surface area is 208 Å². The van der Waals surface area contributed by atoms with Gasteiger partial charge in [0.25, 0.3) is 5.56 Å². The number of carbonyl (C=O) groups is 1. The molecule has 4 nitrogen and oxygen atoms in total. The van der Waals surface area contributed by atoms with Gasteiger partial charge in [0, 0.05) is 35.5 Å². The minimum Gasteiger partial charge on any atom is -0.334 e. The van der Waals surface area contributed by atoms with E-state index in [0.29, 0.717) is 13.0 Å². The maximum atomic E-state index is 13.6. The fraction of sp³-hybridized carbons (Fsp3) is 0.357. The molecule has 1 aliphatic heterocycles. The number of aromatic nitrogens is 1. The summed E-state index contributed by atoms with van der Waals surface area (Å²) in [7, 11) is 0. The Kier molecular flexibility index (Phi) is 6.79. The highest BCUT2D eigenvalue weighted by Crippen LogP contribution is 2.46. The van der Waals surface area contributed by atoms with Gasteiger partial charge >= 0.3 is 0 Å². The predicted octanol–water partition coefficient (Wildman–Crippen LogP) is 5.17.